The van der Waals surface area contributed by atoms with Gasteiger partial charge in [0, 0.05) is 31.0 Å². The monoisotopic (exact) mass is 234 g/mol. The molecule has 4 heteroatoms. The number of rotatable bonds is 3. The molecule has 0 aromatic carbocycles. The first-order chi connectivity index (χ1) is 8.24. The topological polar surface area (TPSA) is 53.2 Å². The van der Waals surface area contributed by atoms with Gasteiger partial charge in [0.2, 0.25) is 0 Å². The van der Waals surface area contributed by atoms with E-state index in [2.05, 4.69) is 4.98 Å². The van der Waals surface area contributed by atoms with Gasteiger partial charge in [-0.25, -0.2) is 0 Å². The molecule has 1 N–H and O–H groups in total. The van der Waals surface area contributed by atoms with Gasteiger partial charge < -0.3 is 9.88 Å². The van der Waals surface area contributed by atoms with Crippen LogP contribution in [0, 0.1) is 0 Å². The first-order valence-electron chi connectivity index (χ1n) is 6.22. The average Bonchev–Trinajstić information content (AvgIpc) is 2.84. The summed E-state index contributed by atoms with van der Waals surface area (Å²) in [5.74, 6) is -0.138. The Bertz CT molecular complexity index is 447. The van der Waals surface area contributed by atoms with Gasteiger partial charge in [0.15, 0.2) is 5.43 Å². The Labute approximate surface area is 101 Å². The summed E-state index contributed by atoms with van der Waals surface area (Å²) in [6.45, 7) is 2.63. The minimum absolute atomic E-state index is 0.138. The van der Waals surface area contributed by atoms with Crippen LogP contribution < -0.4 is 5.43 Å². The van der Waals surface area contributed by atoms with Crippen molar-refractivity contribution in [3.8, 4) is 0 Å². The molecule has 0 unspecified atom stereocenters. The molecule has 1 aromatic rings. The lowest BCUT2D eigenvalue weighted by Gasteiger charge is -2.27. The Balaban J connectivity index is 2.23. The van der Waals surface area contributed by atoms with Crippen LogP contribution in [-0.2, 0) is 0 Å². The van der Waals surface area contributed by atoms with Crippen molar-refractivity contribution < 1.29 is 4.79 Å². The standard InChI is InChI=1S/C13H18N2O2/c1-2-15(10-5-3-4-6-10)13(17)11-9-14-8-7-12(11)16/h7-10H,2-6H2,1H3,(H,14,16). The highest BCUT2D eigenvalue weighted by atomic mass is 16.2. The summed E-state index contributed by atoms with van der Waals surface area (Å²) in [5.41, 5.74) is 0.0476. The number of nitrogens with zero attached hydrogens (tertiary/aromatic N) is 1. The van der Waals surface area contributed by atoms with Gasteiger partial charge in [-0.05, 0) is 19.8 Å². The van der Waals surface area contributed by atoms with E-state index in [0.29, 0.717) is 12.6 Å². The lowest BCUT2D eigenvalue weighted by Crippen LogP contribution is -2.40. The van der Waals surface area contributed by atoms with E-state index in [1.807, 2.05) is 11.8 Å². The number of carbonyl (C=O) groups is 1. The van der Waals surface area contributed by atoms with Gasteiger partial charge in [-0.3, -0.25) is 9.59 Å². The first-order valence-corrected chi connectivity index (χ1v) is 6.22. The van der Waals surface area contributed by atoms with E-state index in [-0.39, 0.29) is 16.9 Å². The molecule has 17 heavy (non-hydrogen) atoms. The molecular formula is C13H18N2O2. The minimum Gasteiger partial charge on any atom is -0.367 e. The fourth-order valence-electron chi connectivity index (χ4n) is 2.52. The molecule has 1 heterocycles. The summed E-state index contributed by atoms with van der Waals surface area (Å²) in [4.78, 5) is 28.6. The summed E-state index contributed by atoms with van der Waals surface area (Å²) in [6, 6.07) is 1.71. The van der Waals surface area contributed by atoms with Crippen LogP contribution in [0.4, 0.5) is 0 Å². The minimum atomic E-state index is -0.204. The predicted molar refractivity (Wildman–Crippen MR) is 66.0 cm³/mol. The third-order valence-corrected chi connectivity index (χ3v) is 3.42. The fourth-order valence-corrected chi connectivity index (χ4v) is 2.52. The molecule has 0 saturated heterocycles. The second-order valence-corrected chi connectivity index (χ2v) is 4.45. The number of nitrogens with one attached hydrogen (secondary N) is 1. The number of aromatic amines is 1. The summed E-state index contributed by atoms with van der Waals surface area (Å²) < 4.78 is 0. The van der Waals surface area contributed by atoms with Gasteiger partial charge >= 0.3 is 0 Å². The molecule has 0 bridgehead atoms. The maximum atomic E-state index is 12.3. The van der Waals surface area contributed by atoms with Crippen LogP contribution >= 0.6 is 0 Å². The normalized spacial score (nSPS) is 16.1. The predicted octanol–water partition coefficient (Wildman–Crippen LogP) is 1.78. The summed E-state index contributed by atoms with van der Waals surface area (Å²) in [5, 5.41) is 0. The molecule has 2 rings (SSSR count). The Morgan fingerprint density at radius 3 is 2.76 bits per heavy atom. The van der Waals surface area contributed by atoms with Crippen LogP contribution in [0.5, 0.6) is 0 Å². The second kappa shape index (κ2) is 5.17. The number of hydrogen-bond acceptors (Lipinski definition) is 2. The molecule has 0 radical (unpaired) electrons. The molecule has 0 spiro atoms. The third-order valence-electron chi connectivity index (χ3n) is 3.42. The van der Waals surface area contributed by atoms with E-state index in [1.54, 1.807) is 6.20 Å². The SMILES string of the molecule is CCN(C(=O)c1c[nH]ccc1=O)C1CCCC1. The highest BCUT2D eigenvalue weighted by Gasteiger charge is 2.27. The van der Waals surface area contributed by atoms with Crippen LogP contribution in [0.1, 0.15) is 43.0 Å². The van der Waals surface area contributed by atoms with Crippen molar-refractivity contribution in [2.24, 2.45) is 0 Å². The van der Waals surface area contributed by atoms with Gasteiger partial charge in [-0.2, -0.15) is 0 Å². The van der Waals surface area contributed by atoms with Gasteiger partial charge in [0.05, 0.1) is 0 Å². The zero-order valence-corrected chi connectivity index (χ0v) is 10.1. The Kier molecular flexibility index (Phi) is 3.61. The van der Waals surface area contributed by atoms with Crippen molar-refractivity contribution in [1.29, 1.82) is 0 Å². The largest absolute Gasteiger partial charge is 0.367 e. The van der Waals surface area contributed by atoms with E-state index in [1.165, 1.54) is 25.1 Å². The molecule has 1 aliphatic carbocycles. The number of aromatic nitrogens is 1. The van der Waals surface area contributed by atoms with Crippen molar-refractivity contribution in [3.05, 3.63) is 34.2 Å². The second-order valence-electron chi connectivity index (χ2n) is 4.45. The highest BCUT2D eigenvalue weighted by molar-refractivity contribution is 5.94. The fraction of sp³-hybridized carbons (Fsp3) is 0.538. The van der Waals surface area contributed by atoms with E-state index in [0.717, 1.165) is 12.8 Å². The molecule has 1 saturated carbocycles. The molecule has 0 atom stereocenters. The lowest BCUT2D eigenvalue weighted by atomic mass is 10.1. The molecule has 1 aromatic heterocycles. The number of amides is 1. The number of carbonyl (C=O) groups excluding carboxylic acids is 1. The molecule has 1 amide bonds. The molecule has 4 nitrogen and oxygen atoms in total. The number of H-pyrrole nitrogens is 1. The zero-order valence-electron chi connectivity index (χ0n) is 10.1. The number of pyridine rings is 1. The van der Waals surface area contributed by atoms with Crippen molar-refractivity contribution in [2.45, 2.75) is 38.6 Å². The van der Waals surface area contributed by atoms with Crippen molar-refractivity contribution in [3.63, 3.8) is 0 Å². The summed E-state index contributed by atoms with van der Waals surface area (Å²) in [7, 11) is 0. The first kappa shape index (κ1) is 11.9. The van der Waals surface area contributed by atoms with Crippen molar-refractivity contribution >= 4 is 5.91 Å². The molecule has 92 valence electrons. The Morgan fingerprint density at radius 2 is 2.18 bits per heavy atom. The maximum absolute atomic E-state index is 12.3. The van der Waals surface area contributed by atoms with Gasteiger partial charge in [0.25, 0.3) is 5.91 Å². The Morgan fingerprint density at radius 1 is 1.47 bits per heavy atom. The smallest absolute Gasteiger partial charge is 0.259 e. The average molecular weight is 234 g/mol. The van der Waals surface area contributed by atoms with Crippen LogP contribution in [0.25, 0.3) is 0 Å². The third kappa shape index (κ3) is 2.40. The molecule has 1 aliphatic rings. The van der Waals surface area contributed by atoms with Crippen LogP contribution in [-0.4, -0.2) is 28.4 Å². The van der Waals surface area contributed by atoms with E-state index < -0.39 is 0 Å². The summed E-state index contributed by atoms with van der Waals surface area (Å²) in [6.07, 6.45) is 7.53. The van der Waals surface area contributed by atoms with E-state index in [9.17, 15) is 9.59 Å². The molecule has 1 fully saturated rings. The van der Waals surface area contributed by atoms with Gasteiger partial charge in [0.1, 0.15) is 5.56 Å². The van der Waals surface area contributed by atoms with Crippen LogP contribution in [0.15, 0.2) is 23.3 Å². The summed E-state index contributed by atoms with van der Waals surface area (Å²) >= 11 is 0. The maximum Gasteiger partial charge on any atom is 0.259 e. The van der Waals surface area contributed by atoms with Crippen LogP contribution in [0.2, 0.25) is 0 Å². The van der Waals surface area contributed by atoms with Crippen molar-refractivity contribution in [1.82, 2.24) is 9.88 Å². The molecule has 0 aliphatic heterocycles. The lowest BCUT2D eigenvalue weighted by molar-refractivity contribution is 0.0692. The highest BCUT2D eigenvalue weighted by Crippen LogP contribution is 2.24. The van der Waals surface area contributed by atoms with E-state index in [4.69, 9.17) is 0 Å². The van der Waals surface area contributed by atoms with Crippen LogP contribution in [0.3, 0.4) is 0 Å². The van der Waals surface area contributed by atoms with Gasteiger partial charge in [-0.15, -0.1) is 0 Å². The molecular weight excluding hydrogens is 216 g/mol. The van der Waals surface area contributed by atoms with Gasteiger partial charge in [-0.1, -0.05) is 12.8 Å². The zero-order chi connectivity index (χ0) is 12.3. The Hall–Kier alpha value is -1.58. The number of hydrogen-bond donors (Lipinski definition) is 1. The van der Waals surface area contributed by atoms with Crippen molar-refractivity contribution in [2.75, 3.05) is 6.54 Å². The van der Waals surface area contributed by atoms with E-state index >= 15 is 0 Å². The quantitative estimate of drug-likeness (QED) is 0.866.